The fourth-order valence-corrected chi connectivity index (χ4v) is 3.57. The first-order valence-corrected chi connectivity index (χ1v) is 9.92. The first-order chi connectivity index (χ1) is 14.5. The highest BCUT2D eigenvalue weighted by atomic mass is 35.5. The second-order valence-electron chi connectivity index (χ2n) is 7.00. The van der Waals surface area contributed by atoms with E-state index in [-0.39, 0.29) is 10.6 Å². The van der Waals surface area contributed by atoms with Gasteiger partial charge < -0.3 is 15.3 Å². The largest absolute Gasteiger partial charge is 0.478 e. The molecule has 0 spiro atoms. The Labute approximate surface area is 177 Å². The van der Waals surface area contributed by atoms with Crippen LogP contribution < -0.4 is 10.2 Å². The Kier molecular flexibility index (Phi) is 5.76. The number of carboxylic acids is 1. The molecule has 3 heterocycles. The summed E-state index contributed by atoms with van der Waals surface area (Å²) >= 11 is 5.86. The average Bonchev–Trinajstić information content (AvgIpc) is 2.77. The number of aromatic carboxylic acids is 1. The maximum atomic E-state index is 13.4. The van der Waals surface area contributed by atoms with Crippen LogP contribution in [0.1, 0.15) is 29.6 Å². The van der Waals surface area contributed by atoms with Crippen LogP contribution in [0.5, 0.6) is 0 Å². The van der Waals surface area contributed by atoms with Crippen molar-refractivity contribution in [3.8, 4) is 11.1 Å². The normalized spacial score (nSPS) is 13.9. The van der Waals surface area contributed by atoms with Gasteiger partial charge >= 0.3 is 5.97 Å². The molecule has 2 aromatic heterocycles. The summed E-state index contributed by atoms with van der Waals surface area (Å²) < 4.78 is 13.4. The summed E-state index contributed by atoms with van der Waals surface area (Å²) in [5.74, 6) is -0.510. The third kappa shape index (κ3) is 4.33. The van der Waals surface area contributed by atoms with Crippen molar-refractivity contribution in [1.82, 2.24) is 15.0 Å². The number of nitrogens with one attached hydrogen (secondary N) is 1. The second kappa shape index (κ2) is 8.62. The SMILES string of the molecule is O=C(O)c1cncc(-c2cnc(Nc3ccc(F)c(Cl)c3)nc2N2CCCCC2)c1. The van der Waals surface area contributed by atoms with Gasteiger partial charge in [-0.2, -0.15) is 4.98 Å². The molecule has 4 rings (SSSR count). The van der Waals surface area contributed by atoms with E-state index in [0.29, 0.717) is 28.6 Å². The van der Waals surface area contributed by atoms with E-state index >= 15 is 0 Å². The molecular formula is C21H19ClFN5O2. The van der Waals surface area contributed by atoms with E-state index in [1.165, 1.54) is 18.3 Å². The average molecular weight is 428 g/mol. The van der Waals surface area contributed by atoms with E-state index in [4.69, 9.17) is 11.6 Å². The molecule has 1 aliphatic rings. The number of piperidine rings is 1. The fourth-order valence-electron chi connectivity index (χ4n) is 3.39. The molecular weight excluding hydrogens is 409 g/mol. The van der Waals surface area contributed by atoms with E-state index in [0.717, 1.165) is 32.4 Å². The molecule has 2 N–H and O–H groups in total. The Morgan fingerprint density at radius 2 is 1.93 bits per heavy atom. The molecule has 1 fully saturated rings. The molecule has 1 saturated heterocycles. The van der Waals surface area contributed by atoms with E-state index in [1.807, 2.05) is 0 Å². The minimum Gasteiger partial charge on any atom is -0.478 e. The summed E-state index contributed by atoms with van der Waals surface area (Å²) in [6.07, 6.45) is 7.81. The van der Waals surface area contributed by atoms with Crippen LogP contribution in [0, 0.1) is 5.82 Å². The highest BCUT2D eigenvalue weighted by Gasteiger charge is 2.20. The van der Waals surface area contributed by atoms with Gasteiger partial charge in [-0.15, -0.1) is 0 Å². The summed E-state index contributed by atoms with van der Waals surface area (Å²) in [6.45, 7) is 1.69. The maximum Gasteiger partial charge on any atom is 0.337 e. The molecule has 7 nitrogen and oxygen atoms in total. The molecule has 3 aromatic rings. The van der Waals surface area contributed by atoms with Gasteiger partial charge in [0.2, 0.25) is 5.95 Å². The molecule has 1 aromatic carbocycles. The zero-order valence-electron chi connectivity index (χ0n) is 16.0. The molecule has 0 saturated carbocycles. The van der Waals surface area contributed by atoms with E-state index in [2.05, 4.69) is 25.2 Å². The van der Waals surface area contributed by atoms with Crippen molar-refractivity contribution in [3.63, 3.8) is 0 Å². The number of carboxylic acid groups (broad SMARTS) is 1. The maximum absolute atomic E-state index is 13.4. The van der Waals surface area contributed by atoms with E-state index < -0.39 is 11.8 Å². The minimum absolute atomic E-state index is 0.00411. The minimum atomic E-state index is -1.05. The lowest BCUT2D eigenvalue weighted by Gasteiger charge is -2.29. The highest BCUT2D eigenvalue weighted by molar-refractivity contribution is 6.31. The van der Waals surface area contributed by atoms with Crippen LogP contribution in [-0.4, -0.2) is 39.1 Å². The van der Waals surface area contributed by atoms with E-state index in [9.17, 15) is 14.3 Å². The fraction of sp³-hybridized carbons (Fsp3) is 0.238. The Morgan fingerprint density at radius 3 is 2.67 bits per heavy atom. The second-order valence-corrected chi connectivity index (χ2v) is 7.41. The summed E-state index contributed by atoms with van der Waals surface area (Å²) in [7, 11) is 0. The number of aromatic nitrogens is 3. The Bertz CT molecular complexity index is 1090. The molecule has 0 bridgehead atoms. The van der Waals surface area contributed by atoms with Crippen LogP contribution >= 0.6 is 11.6 Å². The van der Waals surface area contributed by atoms with Crippen molar-refractivity contribution in [2.45, 2.75) is 19.3 Å². The van der Waals surface area contributed by atoms with Crippen LogP contribution in [0.4, 0.5) is 21.8 Å². The Morgan fingerprint density at radius 1 is 1.13 bits per heavy atom. The topological polar surface area (TPSA) is 91.2 Å². The van der Waals surface area contributed by atoms with Crippen molar-refractivity contribution < 1.29 is 14.3 Å². The summed E-state index contributed by atoms with van der Waals surface area (Å²) in [5.41, 5.74) is 2.00. The molecule has 9 heteroatoms. The number of benzene rings is 1. The van der Waals surface area contributed by atoms with Crippen molar-refractivity contribution >= 4 is 35.0 Å². The van der Waals surface area contributed by atoms with Gasteiger partial charge in [-0.1, -0.05) is 11.6 Å². The molecule has 0 unspecified atom stereocenters. The van der Waals surface area contributed by atoms with Crippen LogP contribution in [-0.2, 0) is 0 Å². The van der Waals surface area contributed by atoms with Crippen LogP contribution in [0.25, 0.3) is 11.1 Å². The number of hydrogen-bond acceptors (Lipinski definition) is 6. The Hall–Kier alpha value is -3.26. The zero-order valence-corrected chi connectivity index (χ0v) is 16.7. The molecule has 0 amide bonds. The van der Waals surface area contributed by atoms with Gasteiger partial charge in [0.1, 0.15) is 11.6 Å². The first kappa shape index (κ1) is 20.0. The smallest absolute Gasteiger partial charge is 0.337 e. The number of carbonyl (C=O) groups is 1. The number of anilines is 3. The summed E-state index contributed by atoms with van der Waals surface area (Å²) in [4.78, 5) is 26.6. The number of halogens is 2. The van der Waals surface area contributed by atoms with E-state index in [1.54, 1.807) is 24.5 Å². The number of pyridine rings is 1. The number of hydrogen-bond donors (Lipinski definition) is 2. The lowest BCUT2D eigenvalue weighted by Crippen LogP contribution is -2.31. The quantitative estimate of drug-likeness (QED) is 0.606. The third-order valence-corrected chi connectivity index (χ3v) is 5.19. The van der Waals surface area contributed by atoms with Gasteiger partial charge in [0, 0.05) is 48.5 Å². The lowest BCUT2D eigenvalue weighted by molar-refractivity contribution is 0.0696. The van der Waals surface area contributed by atoms with Gasteiger partial charge in [0.05, 0.1) is 10.6 Å². The molecule has 1 aliphatic heterocycles. The van der Waals surface area contributed by atoms with Crippen molar-refractivity contribution in [3.05, 3.63) is 59.3 Å². The van der Waals surface area contributed by atoms with Crippen LogP contribution in [0.15, 0.2) is 42.9 Å². The van der Waals surface area contributed by atoms with Crippen LogP contribution in [0.3, 0.4) is 0 Å². The monoisotopic (exact) mass is 427 g/mol. The molecule has 0 aliphatic carbocycles. The first-order valence-electron chi connectivity index (χ1n) is 9.54. The van der Waals surface area contributed by atoms with Crippen molar-refractivity contribution in [2.75, 3.05) is 23.3 Å². The van der Waals surface area contributed by atoms with Crippen molar-refractivity contribution in [2.24, 2.45) is 0 Å². The summed E-state index contributed by atoms with van der Waals surface area (Å²) in [5, 5.41) is 12.3. The predicted molar refractivity (Wildman–Crippen MR) is 113 cm³/mol. The summed E-state index contributed by atoms with van der Waals surface area (Å²) in [6, 6.07) is 5.86. The zero-order chi connectivity index (χ0) is 21.1. The van der Waals surface area contributed by atoms with Gasteiger partial charge in [-0.3, -0.25) is 4.98 Å². The number of nitrogens with zero attached hydrogens (tertiary/aromatic N) is 4. The van der Waals surface area contributed by atoms with Gasteiger partial charge in [0.15, 0.2) is 0 Å². The van der Waals surface area contributed by atoms with Gasteiger partial charge in [0.25, 0.3) is 0 Å². The van der Waals surface area contributed by atoms with Gasteiger partial charge in [-0.25, -0.2) is 14.2 Å². The standard InChI is InChI=1S/C21H19ClFN5O2/c22-17-9-15(4-5-18(17)23)26-21-25-12-16(13-8-14(20(29)30)11-24-10-13)19(27-21)28-6-2-1-3-7-28/h4-5,8-12H,1-3,6-7H2,(H,29,30)(H,25,26,27). The Balaban J connectivity index is 1.73. The van der Waals surface area contributed by atoms with Crippen LogP contribution in [0.2, 0.25) is 5.02 Å². The highest BCUT2D eigenvalue weighted by Crippen LogP contribution is 2.32. The van der Waals surface area contributed by atoms with Crippen molar-refractivity contribution in [1.29, 1.82) is 0 Å². The molecule has 0 radical (unpaired) electrons. The predicted octanol–water partition coefficient (Wildman–Crippen LogP) is 4.76. The third-order valence-electron chi connectivity index (χ3n) is 4.90. The van der Waals surface area contributed by atoms with Gasteiger partial charge in [-0.05, 0) is 43.5 Å². The number of rotatable bonds is 5. The molecule has 154 valence electrons. The molecule has 0 atom stereocenters. The molecule has 30 heavy (non-hydrogen) atoms. The lowest BCUT2D eigenvalue weighted by atomic mass is 10.1.